The van der Waals surface area contributed by atoms with Crippen molar-refractivity contribution in [3.63, 3.8) is 0 Å². The molecule has 2 rings (SSSR count). The third-order valence-electron chi connectivity index (χ3n) is 2.66. The maximum absolute atomic E-state index is 6.00. The molecule has 0 aliphatic heterocycles. The molecule has 0 bridgehead atoms. The predicted molar refractivity (Wildman–Crippen MR) is 72.2 cm³/mol. The van der Waals surface area contributed by atoms with Crippen molar-refractivity contribution in [1.29, 1.82) is 0 Å². The summed E-state index contributed by atoms with van der Waals surface area (Å²) in [4.78, 5) is 0. The van der Waals surface area contributed by atoms with Gasteiger partial charge < -0.3 is 10.5 Å². The zero-order valence-electron chi connectivity index (χ0n) is 10.2. The van der Waals surface area contributed by atoms with Crippen LogP contribution in [0.3, 0.4) is 0 Å². The molecular weight excluding hydrogens is 210 g/mol. The molecule has 0 atom stereocenters. The number of hydrogen-bond donors (Lipinski definition) is 1. The summed E-state index contributed by atoms with van der Waals surface area (Å²) < 4.78 is 5.50. The minimum Gasteiger partial charge on any atom is -0.494 e. The van der Waals surface area contributed by atoms with Crippen molar-refractivity contribution in [2.24, 2.45) is 0 Å². The highest BCUT2D eigenvalue weighted by Gasteiger charge is 2.04. The highest BCUT2D eigenvalue weighted by Crippen LogP contribution is 2.29. The Labute approximate surface area is 102 Å². The molecular formula is C15H17NO. The van der Waals surface area contributed by atoms with Gasteiger partial charge in [-0.2, -0.15) is 0 Å². The van der Waals surface area contributed by atoms with Crippen LogP contribution in [-0.2, 0) is 0 Å². The molecule has 0 fully saturated rings. The third-order valence-corrected chi connectivity index (χ3v) is 2.66. The van der Waals surface area contributed by atoms with E-state index in [0.29, 0.717) is 6.61 Å². The number of nitrogen functional groups attached to an aromatic ring is 1. The topological polar surface area (TPSA) is 35.2 Å². The molecule has 0 heterocycles. The summed E-state index contributed by atoms with van der Waals surface area (Å²) in [7, 11) is 0. The van der Waals surface area contributed by atoms with Crippen molar-refractivity contribution >= 4 is 5.69 Å². The molecule has 0 amide bonds. The molecule has 0 aliphatic rings. The van der Waals surface area contributed by atoms with Gasteiger partial charge in [-0.05, 0) is 43.7 Å². The van der Waals surface area contributed by atoms with Crippen LogP contribution in [0.5, 0.6) is 5.75 Å². The van der Waals surface area contributed by atoms with E-state index in [4.69, 9.17) is 10.5 Å². The zero-order valence-corrected chi connectivity index (χ0v) is 10.2. The molecule has 0 aliphatic carbocycles. The van der Waals surface area contributed by atoms with Gasteiger partial charge in [0.25, 0.3) is 0 Å². The molecule has 2 N–H and O–H groups in total. The largest absolute Gasteiger partial charge is 0.494 e. The summed E-state index contributed by atoms with van der Waals surface area (Å²) in [6.45, 7) is 4.72. The zero-order chi connectivity index (χ0) is 12.3. The Morgan fingerprint density at radius 1 is 1.12 bits per heavy atom. The van der Waals surface area contributed by atoms with Gasteiger partial charge in [-0.3, -0.25) is 0 Å². The number of nitrogens with two attached hydrogens (primary N) is 1. The second kappa shape index (κ2) is 4.91. The van der Waals surface area contributed by atoms with Gasteiger partial charge in [-0.25, -0.2) is 0 Å². The normalized spacial score (nSPS) is 10.2. The number of benzene rings is 2. The standard InChI is InChI=1S/C15H17NO/c1-3-17-13-6-4-5-12(10-13)14-9-11(2)7-8-15(14)16/h4-10H,3,16H2,1-2H3. The number of ether oxygens (including phenoxy) is 1. The minimum absolute atomic E-state index is 0.673. The van der Waals surface area contributed by atoms with Gasteiger partial charge >= 0.3 is 0 Å². The molecule has 2 aromatic rings. The van der Waals surface area contributed by atoms with E-state index in [1.54, 1.807) is 0 Å². The molecule has 2 nitrogen and oxygen atoms in total. The molecule has 0 radical (unpaired) electrons. The smallest absolute Gasteiger partial charge is 0.119 e. The van der Waals surface area contributed by atoms with Gasteiger partial charge in [0.2, 0.25) is 0 Å². The fourth-order valence-corrected chi connectivity index (χ4v) is 1.84. The van der Waals surface area contributed by atoms with Crippen molar-refractivity contribution in [2.75, 3.05) is 12.3 Å². The second-order valence-corrected chi connectivity index (χ2v) is 4.05. The first-order chi connectivity index (χ1) is 8.20. The molecule has 0 spiro atoms. The highest BCUT2D eigenvalue weighted by molar-refractivity contribution is 5.77. The van der Waals surface area contributed by atoms with E-state index < -0.39 is 0 Å². The van der Waals surface area contributed by atoms with Crippen LogP contribution in [0.4, 0.5) is 5.69 Å². The lowest BCUT2D eigenvalue weighted by molar-refractivity contribution is 0.340. The van der Waals surface area contributed by atoms with Crippen LogP contribution in [0.15, 0.2) is 42.5 Å². The van der Waals surface area contributed by atoms with Crippen molar-refractivity contribution in [1.82, 2.24) is 0 Å². The van der Waals surface area contributed by atoms with Crippen LogP contribution >= 0.6 is 0 Å². The van der Waals surface area contributed by atoms with Crippen LogP contribution in [0.1, 0.15) is 12.5 Å². The summed E-state index contributed by atoms with van der Waals surface area (Å²) in [5, 5.41) is 0. The van der Waals surface area contributed by atoms with E-state index in [1.807, 2.05) is 43.3 Å². The van der Waals surface area contributed by atoms with Crippen LogP contribution < -0.4 is 10.5 Å². The summed E-state index contributed by atoms with van der Waals surface area (Å²) in [6, 6.07) is 14.1. The van der Waals surface area contributed by atoms with Crippen LogP contribution in [0.2, 0.25) is 0 Å². The minimum atomic E-state index is 0.673. The van der Waals surface area contributed by atoms with Gasteiger partial charge in [0.1, 0.15) is 5.75 Å². The highest BCUT2D eigenvalue weighted by atomic mass is 16.5. The summed E-state index contributed by atoms with van der Waals surface area (Å²) in [6.07, 6.45) is 0. The lowest BCUT2D eigenvalue weighted by Crippen LogP contribution is -1.93. The van der Waals surface area contributed by atoms with Crippen LogP contribution in [0, 0.1) is 6.92 Å². The number of aryl methyl sites for hydroxylation is 1. The van der Waals surface area contributed by atoms with E-state index in [1.165, 1.54) is 5.56 Å². The molecule has 17 heavy (non-hydrogen) atoms. The van der Waals surface area contributed by atoms with Gasteiger partial charge in [0.05, 0.1) is 6.61 Å². The lowest BCUT2D eigenvalue weighted by atomic mass is 10.0. The van der Waals surface area contributed by atoms with Gasteiger partial charge in [-0.15, -0.1) is 0 Å². The van der Waals surface area contributed by atoms with E-state index in [2.05, 4.69) is 13.0 Å². The summed E-state index contributed by atoms with van der Waals surface area (Å²) in [5.74, 6) is 0.880. The first kappa shape index (κ1) is 11.5. The van der Waals surface area contributed by atoms with Crippen molar-refractivity contribution in [2.45, 2.75) is 13.8 Å². The Bertz CT molecular complexity index is 520. The maximum Gasteiger partial charge on any atom is 0.119 e. The van der Waals surface area contributed by atoms with Gasteiger partial charge in [0, 0.05) is 11.3 Å². The van der Waals surface area contributed by atoms with Gasteiger partial charge in [-0.1, -0.05) is 23.8 Å². The molecule has 0 aromatic heterocycles. The van der Waals surface area contributed by atoms with Crippen molar-refractivity contribution in [3.8, 4) is 16.9 Å². The molecule has 2 aromatic carbocycles. The monoisotopic (exact) mass is 227 g/mol. The predicted octanol–water partition coefficient (Wildman–Crippen LogP) is 3.64. The Hall–Kier alpha value is -1.96. The quantitative estimate of drug-likeness (QED) is 0.812. The molecule has 0 unspecified atom stereocenters. The molecule has 0 saturated heterocycles. The van der Waals surface area contributed by atoms with E-state index in [9.17, 15) is 0 Å². The second-order valence-electron chi connectivity index (χ2n) is 4.05. The first-order valence-corrected chi connectivity index (χ1v) is 5.80. The van der Waals surface area contributed by atoms with Gasteiger partial charge in [0.15, 0.2) is 0 Å². The molecule has 2 heteroatoms. The number of anilines is 1. The fraction of sp³-hybridized carbons (Fsp3) is 0.200. The van der Waals surface area contributed by atoms with E-state index in [-0.39, 0.29) is 0 Å². The van der Waals surface area contributed by atoms with E-state index >= 15 is 0 Å². The van der Waals surface area contributed by atoms with Crippen molar-refractivity contribution in [3.05, 3.63) is 48.0 Å². The average Bonchev–Trinajstić information content (AvgIpc) is 2.33. The van der Waals surface area contributed by atoms with Crippen LogP contribution in [0.25, 0.3) is 11.1 Å². The number of rotatable bonds is 3. The SMILES string of the molecule is CCOc1cccc(-c2cc(C)ccc2N)c1. The lowest BCUT2D eigenvalue weighted by Gasteiger charge is -2.09. The first-order valence-electron chi connectivity index (χ1n) is 5.80. The Morgan fingerprint density at radius 3 is 2.71 bits per heavy atom. The third kappa shape index (κ3) is 2.59. The maximum atomic E-state index is 6.00. The average molecular weight is 227 g/mol. The van der Waals surface area contributed by atoms with Crippen molar-refractivity contribution < 1.29 is 4.74 Å². The summed E-state index contributed by atoms with van der Waals surface area (Å²) in [5.41, 5.74) is 10.2. The Kier molecular flexibility index (Phi) is 3.33. The number of hydrogen-bond acceptors (Lipinski definition) is 2. The Balaban J connectivity index is 2.45. The van der Waals surface area contributed by atoms with E-state index in [0.717, 1.165) is 22.6 Å². The summed E-state index contributed by atoms with van der Waals surface area (Å²) >= 11 is 0. The molecule has 88 valence electrons. The molecule has 0 saturated carbocycles. The fourth-order valence-electron chi connectivity index (χ4n) is 1.84. The van der Waals surface area contributed by atoms with Crippen LogP contribution in [-0.4, -0.2) is 6.61 Å². The Morgan fingerprint density at radius 2 is 1.94 bits per heavy atom.